The Bertz CT molecular complexity index is 988. The molecule has 5 nitrogen and oxygen atoms in total. The zero-order chi connectivity index (χ0) is 19.9. The SMILES string of the molecule is C=NC=CC=C1CCC(Oc2ccc(Oc3ccc(-c4ccn[nH]4)cc3)cc2)C1. The molecule has 1 aliphatic carbocycles. The Morgan fingerprint density at radius 3 is 2.41 bits per heavy atom. The average Bonchev–Trinajstić information content (AvgIpc) is 3.43. The summed E-state index contributed by atoms with van der Waals surface area (Å²) in [5.41, 5.74) is 3.43. The molecule has 0 spiro atoms. The van der Waals surface area contributed by atoms with E-state index >= 15 is 0 Å². The molecule has 4 rings (SSSR count). The normalized spacial score (nSPS) is 17.7. The third-order valence-corrected chi connectivity index (χ3v) is 4.83. The van der Waals surface area contributed by atoms with Crippen molar-refractivity contribution in [2.75, 3.05) is 0 Å². The third kappa shape index (κ3) is 5.02. The molecule has 1 aliphatic rings. The van der Waals surface area contributed by atoms with E-state index in [4.69, 9.17) is 9.47 Å². The number of aliphatic imine (C=N–C) groups is 1. The Morgan fingerprint density at radius 1 is 1.00 bits per heavy atom. The van der Waals surface area contributed by atoms with Crippen LogP contribution < -0.4 is 9.47 Å². The minimum Gasteiger partial charge on any atom is -0.490 e. The lowest BCUT2D eigenvalue weighted by Crippen LogP contribution is -2.10. The van der Waals surface area contributed by atoms with Crippen LogP contribution in [0.15, 0.2) is 89.7 Å². The molecule has 2 aromatic carbocycles. The lowest BCUT2D eigenvalue weighted by Gasteiger charge is -2.13. The lowest BCUT2D eigenvalue weighted by atomic mass is 10.1. The Morgan fingerprint density at radius 2 is 1.72 bits per heavy atom. The second-order valence-corrected chi connectivity index (χ2v) is 6.90. The molecule has 146 valence electrons. The van der Waals surface area contributed by atoms with Crippen molar-refractivity contribution in [1.82, 2.24) is 10.2 Å². The van der Waals surface area contributed by atoms with E-state index in [-0.39, 0.29) is 6.10 Å². The van der Waals surface area contributed by atoms with Crippen LogP contribution in [0.1, 0.15) is 19.3 Å². The summed E-state index contributed by atoms with van der Waals surface area (Å²) in [6, 6.07) is 17.6. The van der Waals surface area contributed by atoms with Gasteiger partial charge >= 0.3 is 0 Å². The number of hydrogen-bond acceptors (Lipinski definition) is 4. The van der Waals surface area contributed by atoms with Crippen molar-refractivity contribution in [3.8, 4) is 28.5 Å². The smallest absolute Gasteiger partial charge is 0.127 e. The van der Waals surface area contributed by atoms with Crippen molar-refractivity contribution >= 4 is 6.72 Å². The van der Waals surface area contributed by atoms with Crippen LogP contribution in [0.25, 0.3) is 11.3 Å². The fraction of sp³-hybridized carbons (Fsp3) is 0.167. The number of aromatic amines is 1. The van der Waals surface area contributed by atoms with Crippen molar-refractivity contribution in [2.24, 2.45) is 4.99 Å². The van der Waals surface area contributed by atoms with Gasteiger partial charge in [0.25, 0.3) is 0 Å². The maximum Gasteiger partial charge on any atom is 0.127 e. The van der Waals surface area contributed by atoms with Crippen molar-refractivity contribution in [1.29, 1.82) is 0 Å². The monoisotopic (exact) mass is 385 g/mol. The highest BCUT2D eigenvalue weighted by atomic mass is 16.5. The Balaban J connectivity index is 1.32. The first-order chi connectivity index (χ1) is 14.3. The maximum atomic E-state index is 6.11. The fourth-order valence-corrected chi connectivity index (χ4v) is 3.37. The number of benzene rings is 2. The lowest BCUT2D eigenvalue weighted by molar-refractivity contribution is 0.213. The summed E-state index contributed by atoms with van der Waals surface area (Å²) >= 11 is 0. The third-order valence-electron chi connectivity index (χ3n) is 4.83. The van der Waals surface area contributed by atoms with Crippen LogP contribution in [-0.2, 0) is 0 Å². The minimum atomic E-state index is 0.216. The van der Waals surface area contributed by atoms with E-state index in [9.17, 15) is 0 Å². The highest BCUT2D eigenvalue weighted by molar-refractivity contribution is 5.59. The van der Waals surface area contributed by atoms with E-state index in [0.29, 0.717) is 0 Å². The van der Waals surface area contributed by atoms with Gasteiger partial charge in [-0.05, 0) is 85.8 Å². The van der Waals surface area contributed by atoms with Gasteiger partial charge in [0.2, 0.25) is 0 Å². The molecule has 29 heavy (non-hydrogen) atoms. The number of nitrogens with one attached hydrogen (secondary N) is 1. The number of aromatic nitrogens is 2. The standard InChI is InChI=1S/C24H23N3O2/c1-25-15-2-3-18-4-7-23(17-18)29-22-12-10-21(11-13-22)28-20-8-5-19(6-9-20)24-14-16-26-27-24/h2-3,5-6,8-16,23H,1,4,7,17H2,(H,26,27). The molecule has 1 fully saturated rings. The van der Waals surface area contributed by atoms with Crippen LogP contribution in [0.2, 0.25) is 0 Å². The van der Waals surface area contributed by atoms with E-state index in [1.165, 1.54) is 5.57 Å². The molecule has 0 bridgehead atoms. The van der Waals surface area contributed by atoms with Gasteiger partial charge in [0.1, 0.15) is 23.4 Å². The number of nitrogens with zero attached hydrogens (tertiary/aromatic N) is 2. The summed E-state index contributed by atoms with van der Waals surface area (Å²) in [4.78, 5) is 3.72. The summed E-state index contributed by atoms with van der Waals surface area (Å²) in [6.07, 6.45) is 10.7. The summed E-state index contributed by atoms with van der Waals surface area (Å²) in [6.45, 7) is 3.44. The maximum absolute atomic E-state index is 6.11. The van der Waals surface area contributed by atoms with Gasteiger partial charge in [-0.2, -0.15) is 5.10 Å². The topological polar surface area (TPSA) is 59.5 Å². The molecule has 0 saturated heterocycles. The zero-order valence-corrected chi connectivity index (χ0v) is 16.1. The van der Waals surface area contributed by atoms with Gasteiger partial charge in [-0.25, -0.2) is 0 Å². The molecule has 0 aliphatic heterocycles. The summed E-state index contributed by atoms with van der Waals surface area (Å²) in [7, 11) is 0. The first kappa shape index (κ1) is 18.7. The van der Waals surface area contributed by atoms with Crippen molar-refractivity contribution in [3.63, 3.8) is 0 Å². The Kier molecular flexibility index (Phi) is 5.86. The van der Waals surface area contributed by atoms with Crippen LogP contribution in [0.4, 0.5) is 0 Å². The van der Waals surface area contributed by atoms with E-state index < -0.39 is 0 Å². The Labute approximate surface area is 170 Å². The van der Waals surface area contributed by atoms with Gasteiger partial charge in [0.15, 0.2) is 0 Å². The summed E-state index contributed by atoms with van der Waals surface area (Å²) in [5, 5.41) is 6.93. The van der Waals surface area contributed by atoms with Gasteiger partial charge in [0, 0.05) is 18.8 Å². The molecule has 1 aromatic heterocycles. The molecule has 5 heteroatoms. The summed E-state index contributed by atoms with van der Waals surface area (Å²) < 4.78 is 12.0. The molecular formula is C24H23N3O2. The van der Waals surface area contributed by atoms with Crippen LogP contribution in [0.3, 0.4) is 0 Å². The van der Waals surface area contributed by atoms with Gasteiger partial charge < -0.3 is 9.47 Å². The van der Waals surface area contributed by atoms with Crippen LogP contribution in [0, 0.1) is 0 Å². The summed E-state index contributed by atoms with van der Waals surface area (Å²) in [5.74, 6) is 2.43. The fourth-order valence-electron chi connectivity index (χ4n) is 3.37. The van der Waals surface area contributed by atoms with E-state index in [0.717, 1.165) is 47.8 Å². The van der Waals surface area contributed by atoms with Gasteiger partial charge in [0.05, 0.1) is 5.69 Å². The molecule has 1 saturated carbocycles. The highest BCUT2D eigenvalue weighted by Crippen LogP contribution is 2.30. The molecule has 1 atom stereocenters. The van der Waals surface area contributed by atoms with Gasteiger partial charge in [-0.3, -0.25) is 10.1 Å². The first-order valence-electron chi connectivity index (χ1n) is 9.65. The minimum absolute atomic E-state index is 0.216. The van der Waals surface area contributed by atoms with E-state index in [1.807, 2.05) is 60.7 Å². The largest absolute Gasteiger partial charge is 0.490 e. The van der Waals surface area contributed by atoms with Gasteiger partial charge in [-0.1, -0.05) is 11.6 Å². The second kappa shape index (κ2) is 9.06. The number of ether oxygens (including phenoxy) is 2. The predicted molar refractivity (Wildman–Crippen MR) is 116 cm³/mol. The molecule has 1 N–H and O–H groups in total. The number of allylic oxidation sites excluding steroid dienone is 2. The van der Waals surface area contributed by atoms with E-state index in [1.54, 1.807) is 12.4 Å². The van der Waals surface area contributed by atoms with Crippen molar-refractivity contribution in [2.45, 2.75) is 25.4 Å². The molecule has 1 unspecified atom stereocenters. The quantitative estimate of drug-likeness (QED) is 0.512. The average molecular weight is 385 g/mol. The van der Waals surface area contributed by atoms with Crippen molar-refractivity contribution < 1.29 is 9.47 Å². The van der Waals surface area contributed by atoms with E-state index in [2.05, 4.69) is 28.0 Å². The molecule has 3 aromatic rings. The Hall–Kier alpha value is -3.60. The van der Waals surface area contributed by atoms with Crippen molar-refractivity contribution in [3.05, 3.63) is 84.7 Å². The number of H-pyrrole nitrogens is 1. The first-order valence-corrected chi connectivity index (χ1v) is 9.65. The molecule has 1 heterocycles. The second-order valence-electron chi connectivity index (χ2n) is 6.90. The van der Waals surface area contributed by atoms with Crippen LogP contribution >= 0.6 is 0 Å². The van der Waals surface area contributed by atoms with Crippen LogP contribution in [0.5, 0.6) is 17.2 Å². The van der Waals surface area contributed by atoms with Gasteiger partial charge in [-0.15, -0.1) is 0 Å². The predicted octanol–water partition coefficient (Wildman–Crippen LogP) is 5.94. The highest BCUT2D eigenvalue weighted by Gasteiger charge is 2.20. The van der Waals surface area contributed by atoms with Crippen LogP contribution in [-0.4, -0.2) is 23.0 Å². The molecule has 0 radical (unpaired) electrons. The molecule has 0 amide bonds. The molecular weight excluding hydrogens is 362 g/mol. The zero-order valence-electron chi connectivity index (χ0n) is 16.1. The number of hydrogen-bond donors (Lipinski definition) is 1. The number of rotatable bonds is 7.